The average Bonchev–Trinajstić information content (AvgIpc) is 3.14. The lowest BCUT2D eigenvalue weighted by Crippen LogP contribution is -2.38. The number of piperidine rings is 1. The molecule has 1 saturated carbocycles. The van der Waals surface area contributed by atoms with Crippen LogP contribution in [0.3, 0.4) is 0 Å². The highest BCUT2D eigenvalue weighted by Crippen LogP contribution is 2.29. The fourth-order valence-electron chi connectivity index (χ4n) is 2.77. The Morgan fingerprint density at radius 3 is 2.70 bits per heavy atom. The van der Waals surface area contributed by atoms with Gasteiger partial charge in [-0.1, -0.05) is 0 Å². The summed E-state index contributed by atoms with van der Waals surface area (Å²) in [7, 11) is 0. The monoisotopic (exact) mass is 277 g/mol. The van der Waals surface area contributed by atoms with Gasteiger partial charge in [0, 0.05) is 26.3 Å². The molecule has 2 fully saturated rings. The molecule has 1 saturated heterocycles. The lowest BCUT2D eigenvalue weighted by molar-refractivity contribution is 0.0615. The number of furan rings is 1. The maximum absolute atomic E-state index is 12.1. The summed E-state index contributed by atoms with van der Waals surface area (Å²) < 4.78 is 10.9. The Kier molecular flexibility index (Phi) is 4.41. The maximum atomic E-state index is 12.1. The van der Waals surface area contributed by atoms with Gasteiger partial charge in [-0.15, -0.1) is 0 Å². The minimum atomic E-state index is 0.0263. The van der Waals surface area contributed by atoms with Gasteiger partial charge < -0.3 is 14.1 Å². The molecule has 4 heteroatoms. The molecule has 2 heterocycles. The van der Waals surface area contributed by atoms with Crippen molar-refractivity contribution in [2.45, 2.75) is 32.1 Å². The van der Waals surface area contributed by atoms with E-state index in [-0.39, 0.29) is 5.91 Å². The van der Waals surface area contributed by atoms with Crippen LogP contribution in [-0.2, 0) is 4.74 Å². The first kappa shape index (κ1) is 13.7. The van der Waals surface area contributed by atoms with Gasteiger partial charge in [-0.3, -0.25) is 4.79 Å². The standard InChI is InChI=1S/C16H23NO3/c18-16(15-2-1-10-20-15)17-8-5-13(6-9-17)7-11-19-12-14-3-4-14/h1-2,10,13-14H,3-9,11-12H2. The van der Waals surface area contributed by atoms with Gasteiger partial charge in [-0.2, -0.15) is 0 Å². The quantitative estimate of drug-likeness (QED) is 0.751. The summed E-state index contributed by atoms with van der Waals surface area (Å²) in [5, 5.41) is 0. The van der Waals surface area contributed by atoms with E-state index in [1.165, 1.54) is 12.8 Å². The number of ether oxygens (including phenoxy) is 1. The summed E-state index contributed by atoms with van der Waals surface area (Å²) >= 11 is 0. The van der Waals surface area contributed by atoms with Crippen molar-refractivity contribution in [3.05, 3.63) is 24.2 Å². The molecule has 3 rings (SSSR count). The van der Waals surface area contributed by atoms with Crippen molar-refractivity contribution in [1.29, 1.82) is 0 Å². The largest absolute Gasteiger partial charge is 0.459 e. The van der Waals surface area contributed by atoms with Gasteiger partial charge in [-0.05, 0) is 56.1 Å². The van der Waals surface area contributed by atoms with E-state index in [1.807, 2.05) is 4.90 Å². The van der Waals surface area contributed by atoms with Gasteiger partial charge in [0.1, 0.15) is 0 Å². The van der Waals surface area contributed by atoms with Crippen molar-refractivity contribution < 1.29 is 13.9 Å². The number of nitrogens with zero attached hydrogens (tertiary/aromatic N) is 1. The highest BCUT2D eigenvalue weighted by molar-refractivity contribution is 5.91. The van der Waals surface area contributed by atoms with Crippen molar-refractivity contribution in [3.63, 3.8) is 0 Å². The zero-order chi connectivity index (χ0) is 13.8. The fraction of sp³-hybridized carbons (Fsp3) is 0.688. The summed E-state index contributed by atoms with van der Waals surface area (Å²) in [5.41, 5.74) is 0. The lowest BCUT2D eigenvalue weighted by atomic mass is 9.94. The van der Waals surface area contributed by atoms with Crippen LogP contribution in [-0.4, -0.2) is 37.1 Å². The van der Waals surface area contributed by atoms with E-state index < -0.39 is 0 Å². The first-order valence-corrected chi connectivity index (χ1v) is 7.73. The van der Waals surface area contributed by atoms with E-state index >= 15 is 0 Å². The van der Waals surface area contributed by atoms with E-state index in [0.717, 1.165) is 51.5 Å². The van der Waals surface area contributed by atoms with Crippen LogP contribution in [0.4, 0.5) is 0 Å². The number of rotatable bonds is 6. The molecule has 20 heavy (non-hydrogen) atoms. The summed E-state index contributed by atoms with van der Waals surface area (Å²) in [6.07, 6.45) is 7.56. The Morgan fingerprint density at radius 2 is 2.05 bits per heavy atom. The van der Waals surface area contributed by atoms with Crippen LogP contribution in [0.2, 0.25) is 0 Å². The third-order valence-electron chi connectivity index (χ3n) is 4.35. The van der Waals surface area contributed by atoms with Crippen molar-refractivity contribution in [1.82, 2.24) is 4.90 Å². The summed E-state index contributed by atoms with van der Waals surface area (Å²) in [5.74, 6) is 2.03. The SMILES string of the molecule is O=C(c1ccco1)N1CCC(CCOCC2CC2)CC1. The van der Waals surface area contributed by atoms with Gasteiger partial charge >= 0.3 is 0 Å². The topological polar surface area (TPSA) is 42.7 Å². The van der Waals surface area contributed by atoms with Gasteiger partial charge in [-0.25, -0.2) is 0 Å². The van der Waals surface area contributed by atoms with Crippen molar-refractivity contribution in [2.75, 3.05) is 26.3 Å². The molecule has 2 aliphatic rings. The summed E-state index contributed by atoms with van der Waals surface area (Å²) in [6, 6.07) is 3.50. The minimum absolute atomic E-state index is 0.0263. The first-order valence-electron chi connectivity index (χ1n) is 7.73. The number of carbonyl (C=O) groups is 1. The molecule has 0 bridgehead atoms. The molecule has 0 atom stereocenters. The van der Waals surface area contributed by atoms with Crippen LogP contribution in [0.1, 0.15) is 42.7 Å². The molecule has 110 valence electrons. The van der Waals surface area contributed by atoms with Gasteiger partial charge in [0.25, 0.3) is 5.91 Å². The van der Waals surface area contributed by atoms with Crippen LogP contribution >= 0.6 is 0 Å². The minimum Gasteiger partial charge on any atom is -0.459 e. The van der Waals surface area contributed by atoms with Gasteiger partial charge in [0.15, 0.2) is 5.76 Å². The fourth-order valence-corrected chi connectivity index (χ4v) is 2.77. The third kappa shape index (κ3) is 3.63. The second-order valence-electron chi connectivity index (χ2n) is 6.02. The second-order valence-corrected chi connectivity index (χ2v) is 6.02. The molecular weight excluding hydrogens is 254 g/mol. The highest BCUT2D eigenvalue weighted by Gasteiger charge is 2.25. The molecule has 1 aromatic rings. The third-order valence-corrected chi connectivity index (χ3v) is 4.35. The molecular formula is C16H23NO3. The van der Waals surface area contributed by atoms with Gasteiger partial charge in [0.05, 0.1) is 6.26 Å². The predicted octanol–water partition coefficient (Wildman–Crippen LogP) is 2.95. The molecule has 0 N–H and O–H groups in total. The zero-order valence-electron chi connectivity index (χ0n) is 11.9. The molecule has 4 nitrogen and oxygen atoms in total. The molecule has 1 aromatic heterocycles. The number of hydrogen-bond acceptors (Lipinski definition) is 3. The van der Waals surface area contributed by atoms with Crippen LogP contribution < -0.4 is 0 Å². The second kappa shape index (κ2) is 6.44. The molecule has 1 amide bonds. The molecule has 0 aromatic carbocycles. The number of carbonyl (C=O) groups excluding carboxylic acids is 1. The molecule has 0 unspecified atom stereocenters. The summed E-state index contributed by atoms with van der Waals surface area (Å²) in [6.45, 7) is 3.52. The molecule has 1 aliphatic carbocycles. The Labute approximate surface area is 120 Å². The van der Waals surface area contributed by atoms with Crippen LogP contribution in [0, 0.1) is 11.8 Å². The number of amides is 1. The molecule has 1 aliphatic heterocycles. The maximum Gasteiger partial charge on any atom is 0.289 e. The first-order chi connectivity index (χ1) is 9.83. The van der Waals surface area contributed by atoms with Crippen LogP contribution in [0.25, 0.3) is 0 Å². The van der Waals surface area contributed by atoms with Crippen molar-refractivity contribution >= 4 is 5.91 Å². The Morgan fingerprint density at radius 1 is 1.25 bits per heavy atom. The zero-order valence-corrected chi connectivity index (χ0v) is 11.9. The average molecular weight is 277 g/mol. The van der Waals surface area contributed by atoms with Crippen LogP contribution in [0.15, 0.2) is 22.8 Å². The molecule has 0 radical (unpaired) electrons. The molecule has 0 spiro atoms. The Balaban J connectivity index is 1.34. The normalized spacial score (nSPS) is 20.3. The van der Waals surface area contributed by atoms with E-state index in [2.05, 4.69) is 0 Å². The van der Waals surface area contributed by atoms with Gasteiger partial charge in [0.2, 0.25) is 0 Å². The smallest absolute Gasteiger partial charge is 0.289 e. The predicted molar refractivity (Wildman–Crippen MR) is 75.5 cm³/mol. The summed E-state index contributed by atoms with van der Waals surface area (Å²) in [4.78, 5) is 14.0. The van der Waals surface area contributed by atoms with E-state index in [9.17, 15) is 4.79 Å². The van der Waals surface area contributed by atoms with E-state index in [1.54, 1.807) is 18.4 Å². The van der Waals surface area contributed by atoms with E-state index in [4.69, 9.17) is 9.15 Å². The number of likely N-dealkylation sites (tertiary alicyclic amines) is 1. The lowest BCUT2D eigenvalue weighted by Gasteiger charge is -2.31. The Bertz CT molecular complexity index is 417. The van der Waals surface area contributed by atoms with Crippen molar-refractivity contribution in [3.8, 4) is 0 Å². The highest BCUT2D eigenvalue weighted by atomic mass is 16.5. The van der Waals surface area contributed by atoms with Crippen LogP contribution in [0.5, 0.6) is 0 Å². The Hall–Kier alpha value is -1.29. The van der Waals surface area contributed by atoms with Crippen molar-refractivity contribution in [2.24, 2.45) is 11.8 Å². The number of hydrogen-bond donors (Lipinski definition) is 0. The van der Waals surface area contributed by atoms with E-state index in [0.29, 0.717) is 11.7 Å².